The summed E-state index contributed by atoms with van der Waals surface area (Å²) in [6, 6.07) is 9.85. The Hall–Kier alpha value is -2.82. The van der Waals surface area contributed by atoms with E-state index >= 15 is 0 Å². The van der Waals surface area contributed by atoms with Crippen molar-refractivity contribution < 1.29 is 13.2 Å². The molecular weight excluding hydrogens is 357 g/mol. The van der Waals surface area contributed by atoms with E-state index in [-0.39, 0.29) is 24.3 Å². The lowest BCUT2D eigenvalue weighted by Gasteiger charge is -2.30. The van der Waals surface area contributed by atoms with Crippen molar-refractivity contribution in [2.75, 3.05) is 12.4 Å². The summed E-state index contributed by atoms with van der Waals surface area (Å²) in [5, 5.41) is 11.8. The minimum absolute atomic E-state index is 0.0290. The SMILES string of the molecule is CNc1cc(=O)n(-c2ccc(C#N)cc2)c([C@H]2CC[C@@H](C(F)(F)F)CC2)n1. The molecule has 1 aromatic carbocycles. The molecule has 1 saturated carbocycles. The number of hydrogen-bond donors (Lipinski definition) is 1. The first-order chi connectivity index (χ1) is 12.8. The summed E-state index contributed by atoms with van der Waals surface area (Å²) in [6.45, 7) is 0. The predicted molar refractivity (Wildman–Crippen MR) is 94.8 cm³/mol. The topological polar surface area (TPSA) is 70.7 Å². The van der Waals surface area contributed by atoms with Crippen molar-refractivity contribution in [2.45, 2.75) is 37.8 Å². The first-order valence-corrected chi connectivity index (χ1v) is 8.72. The van der Waals surface area contributed by atoms with Gasteiger partial charge in [0, 0.05) is 19.0 Å². The van der Waals surface area contributed by atoms with Crippen molar-refractivity contribution in [3.05, 3.63) is 52.1 Å². The number of benzene rings is 1. The van der Waals surface area contributed by atoms with E-state index in [0.717, 1.165) is 0 Å². The van der Waals surface area contributed by atoms with Crippen LogP contribution in [0.15, 0.2) is 35.1 Å². The van der Waals surface area contributed by atoms with Gasteiger partial charge < -0.3 is 5.32 Å². The van der Waals surface area contributed by atoms with Crippen LogP contribution in [-0.2, 0) is 0 Å². The fraction of sp³-hybridized carbons (Fsp3) is 0.421. The Morgan fingerprint density at radius 3 is 2.33 bits per heavy atom. The van der Waals surface area contributed by atoms with Crippen LogP contribution in [-0.4, -0.2) is 22.8 Å². The summed E-state index contributed by atoms with van der Waals surface area (Å²) in [4.78, 5) is 17.2. The summed E-state index contributed by atoms with van der Waals surface area (Å²) in [7, 11) is 1.64. The molecule has 0 radical (unpaired) electrons. The maximum absolute atomic E-state index is 13.0. The Morgan fingerprint density at radius 1 is 1.19 bits per heavy atom. The molecule has 0 saturated heterocycles. The fourth-order valence-electron chi connectivity index (χ4n) is 3.53. The highest BCUT2D eigenvalue weighted by Gasteiger charge is 2.42. The number of nitrogens with zero attached hydrogens (tertiary/aromatic N) is 3. The van der Waals surface area contributed by atoms with Crippen LogP contribution in [0.5, 0.6) is 0 Å². The molecule has 1 aliphatic rings. The second-order valence-corrected chi connectivity index (χ2v) is 6.67. The van der Waals surface area contributed by atoms with Crippen LogP contribution in [0.1, 0.15) is 43.0 Å². The highest BCUT2D eigenvalue weighted by atomic mass is 19.4. The van der Waals surface area contributed by atoms with Crippen molar-refractivity contribution in [1.82, 2.24) is 9.55 Å². The molecule has 1 N–H and O–H groups in total. The van der Waals surface area contributed by atoms with Gasteiger partial charge in [-0.15, -0.1) is 0 Å². The lowest BCUT2D eigenvalue weighted by atomic mass is 9.81. The minimum atomic E-state index is -4.18. The van der Waals surface area contributed by atoms with Gasteiger partial charge in [0.1, 0.15) is 11.6 Å². The first-order valence-electron chi connectivity index (χ1n) is 8.72. The van der Waals surface area contributed by atoms with Gasteiger partial charge in [-0.2, -0.15) is 18.4 Å². The summed E-state index contributed by atoms with van der Waals surface area (Å²) >= 11 is 0. The summed E-state index contributed by atoms with van der Waals surface area (Å²) < 4.78 is 40.3. The largest absolute Gasteiger partial charge is 0.391 e. The fourth-order valence-corrected chi connectivity index (χ4v) is 3.53. The molecule has 27 heavy (non-hydrogen) atoms. The molecule has 0 unspecified atom stereocenters. The third kappa shape index (κ3) is 3.97. The van der Waals surface area contributed by atoms with Crippen LogP contribution in [0, 0.1) is 17.2 Å². The number of nitriles is 1. The second-order valence-electron chi connectivity index (χ2n) is 6.67. The Morgan fingerprint density at radius 2 is 1.81 bits per heavy atom. The molecule has 0 spiro atoms. The summed E-state index contributed by atoms with van der Waals surface area (Å²) in [5.41, 5.74) is 0.688. The monoisotopic (exact) mass is 376 g/mol. The van der Waals surface area contributed by atoms with E-state index in [1.165, 1.54) is 10.6 Å². The van der Waals surface area contributed by atoms with E-state index in [1.807, 2.05) is 6.07 Å². The molecule has 142 valence electrons. The molecule has 1 aliphatic carbocycles. The predicted octanol–water partition coefficient (Wildman–Crippen LogP) is 3.98. The molecule has 8 heteroatoms. The lowest BCUT2D eigenvalue weighted by molar-refractivity contribution is -0.182. The zero-order valence-corrected chi connectivity index (χ0v) is 14.8. The number of halogens is 3. The van der Waals surface area contributed by atoms with Crippen LogP contribution < -0.4 is 10.9 Å². The molecule has 3 rings (SSSR count). The quantitative estimate of drug-likeness (QED) is 0.880. The maximum atomic E-state index is 13.0. The average molecular weight is 376 g/mol. The number of rotatable bonds is 3. The van der Waals surface area contributed by atoms with Gasteiger partial charge in [-0.25, -0.2) is 4.98 Å². The third-order valence-electron chi connectivity index (χ3n) is 5.01. The minimum Gasteiger partial charge on any atom is -0.373 e. The number of alkyl halides is 3. The third-order valence-corrected chi connectivity index (χ3v) is 5.01. The molecule has 0 atom stereocenters. The van der Waals surface area contributed by atoms with E-state index in [4.69, 9.17) is 5.26 Å². The van der Waals surface area contributed by atoms with Gasteiger partial charge in [0.25, 0.3) is 5.56 Å². The lowest BCUT2D eigenvalue weighted by Crippen LogP contribution is -2.31. The number of aromatic nitrogens is 2. The van der Waals surface area contributed by atoms with Crippen LogP contribution in [0.2, 0.25) is 0 Å². The molecule has 1 aromatic heterocycles. The highest BCUT2D eigenvalue weighted by molar-refractivity contribution is 5.42. The van der Waals surface area contributed by atoms with Crippen molar-refractivity contribution >= 4 is 5.82 Å². The first kappa shape index (κ1) is 19.0. The van der Waals surface area contributed by atoms with Gasteiger partial charge >= 0.3 is 6.18 Å². The number of hydrogen-bond acceptors (Lipinski definition) is 4. The molecule has 0 aliphatic heterocycles. The number of nitrogens with one attached hydrogen (secondary N) is 1. The van der Waals surface area contributed by atoms with E-state index in [2.05, 4.69) is 10.3 Å². The molecule has 1 heterocycles. The van der Waals surface area contributed by atoms with Crippen LogP contribution >= 0.6 is 0 Å². The zero-order valence-electron chi connectivity index (χ0n) is 14.8. The van der Waals surface area contributed by atoms with Gasteiger partial charge in [0.15, 0.2) is 0 Å². The van der Waals surface area contributed by atoms with Gasteiger partial charge in [-0.1, -0.05) is 0 Å². The summed E-state index contributed by atoms with van der Waals surface area (Å²) in [5.74, 6) is -0.688. The normalized spacial score (nSPS) is 20.1. The van der Waals surface area contributed by atoms with Crippen molar-refractivity contribution in [3.63, 3.8) is 0 Å². The Kier molecular flexibility index (Phi) is 5.22. The van der Waals surface area contributed by atoms with E-state index < -0.39 is 12.1 Å². The highest BCUT2D eigenvalue weighted by Crippen LogP contribution is 2.42. The zero-order chi connectivity index (χ0) is 19.6. The molecule has 2 aromatic rings. The second kappa shape index (κ2) is 7.43. The van der Waals surface area contributed by atoms with Crippen LogP contribution in [0.25, 0.3) is 5.69 Å². The molecular formula is C19H19F3N4O. The van der Waals surface area contributed by atoms with E-state index in [1.54, 1.807) is 31.3 Å². The van der Waals surface area contributed by atoms with Gasteiger partial charge in [0.05, 0.1) is 23.2 Å². The number of anilines is 1. The van der Waals surface area contributed by atoms with Crippen LogP contribution in [0.3, 0.4) is 0 Å². The van der Waals surface area contributed by atoms with Crippen molar-refractivity contribution in [1.29, 1.82) is 5.26 Å². The van der Waals surface area contributed by atoms with Crippen molar-refractivity contribution in [2.24, 2.45) is 5.92 Å². The Labute approximate surface area is 154 Å². The van der Waals surface area contributed by atoms with Gasteiger partial charge in [0.2, 0.25) is 0 Å². The maximum Gasteiger partial charge on any atom is 0.391 e. The van der Waals surface area contributed by atoms with Gasteiger partial charge in [-0.3, -0.25) is 9.36 Å². The molecule has 0 amide bonds. The van der Waals surface area contributed by atoms with Crippen molar-refractivity contribution in [3.8, 4) is 11.8 Å². The Bertz CT molecular complexity index is 905. The van der Waals surface area contributed by atoms with E-state index in [9.17, 15) is 18.0 Å². The molecule has 5 nitrogen and oxygen atoms in total. The Balaban J connectivity index is 2.00. The van der Waals surface area contributed by atoms with E-state index in [0.29, 0.717) is 35.7 Å². The average Bonchev–Trinajstić information content (AvgIpc) is 2.67. The summed E-state index contributed by atoms with van der Waals surface area (Å²) in [6.07, 6.45) is -3.49. The molecule has 1 fully saturated rings. The molecule has 0 bridgehead atoms. The van der Waals surface area contributed by atoms with Crippen LogP contribution in [0.4, 0.5) is 19.0 Å². The standard InChI is InChI=1S/C19H19F3N4O/c1-24-16-10-17(27)26(15-8-2-12(11-23)3-9-15)18(25-16)13-4-6-14(7-5-13)19(20,21)22/h2-3,8-10,13-14,24H,4-7H2,1H3/t13-,14+. The van der Waals surface area contributed by atoms with Gasteiger partial charge in [-0.05, 0) is 49.9 Å². The smallest absolute Gasteiger partial charge is 0.373 e.